The Bertz CT molecular complexity index is 1370. The molecule has 0 unspecified atom stereocenters. The van der Waals surface area contributed by atoms with Crippen molar-refractivity contribution in [3.63, 3.8) is 0 Å². The van der Waals surface area contributed by atoms with Crippen LogP contribution in [0.15, 0.2) is 72.8 Å². The topological polar surface area (TPSA) is 51.7 Å². The van der Waals surface area contributed by atoms with Crippen LogP contribution in [0.1, 0.15) is 28.8 Å². The summed E-state index contributed by atoms with van der Waals surface area (Å²) < 4.78 is 1.05. The molecule has 38 heavy (non-hydrogen) atoms. The Morgan fingerprint density at radius 2 is 1.66 bits per heavy atom. The van der Waals surface area contributed by atoms with Crippen LogP contribution in [-0.2, 0) is 6.54 Å². The first-order valence-electron chi connectivity index (χ1n) is 13.6. The predicted octanol–water partition coefficient (Wildman–Crippen LogP) is 5.11. The van der Waals surface area contributed by atoms with Crippen LogP contribution in [0.25, 0.3) is 20.8 Å². The molecular weight excluding hydrogens is 490 g/mol. The minimum atomic E-state index is 0.0138. The molecule has 6 rings (SSSR count). The summed E-state index contributed by atoms with van der Waals surface area (Å²) in [5.74, 6) is 0.0138. The van der Waals surface area contributed by atoms with E-state index in [0.29, 0.717) is 5.56 Å². The van der Waals surface area contributed by atoms with Crippen LogP contribution in [0.4, 0.5) is 5.69 Å². The van der Waals surface area contributed by atoms with E-state index in [0.717, 1.165) is 79.4 Å². The second kappa shape index (κ2) is 11.2. The van der Waals surface area contributed by atoms with E-state index in [2.05, 4.69) is 81.7 Å². The fraction of sp³-hybridized carbons (Fsp3) is 0.355. The van der Waals surface area contributed by atoms with Gasteiger partial charge < -0.3 is 15.1 Å². The van der Waals surface area contributed by atoms with Gasteiger partial charge in [0.1, 0.15) is 5.01 Å². The zero-order chi connectivity index (χ0) is 25.9. The summed E-state index contributed by atoms with van der Waals surface area (Å²) in [6.07, 6.45) is 1.96. The molecule has 0 spiro atoms. The summed E-state index contributed by atoms with van der Waals surface area (Å²) in [6.45, 7) is 7.31. The van der Waals surface area contributed by atoms with Gasteiger partial charge in [-0.2, -0.15) is 0 Å². The van der Waals surface area contributed by atoms with Crippen molar-refractivity contribution < 1.29 is 4.79 Å². The van der Waals surface area contributed by atoms with Crippen molar-refractivity contribution in [1.29, 1.82) is 0 Å². The van der Waals surface area contributed by atoms with E-state index < -0.39 is 0 Å². The Kier molecular flexibility index (Phi) is 7.40. The molecule has 0 bridgehead atoms. The molecular formula is C31H35N5OS. The monoisotopic (exact) mass is 525 g/mol. The highest BCUT2D eigenvalue weighted by atomic mass is 32.1. The Morgan fingerprint density at radius 1 is 0.921 bits per heavy atom. The van der Waals surface area contributed by atoms with Crippen LogP contribution in [0, 0.1) is 0 Å². The highest BCUT2D eigenvalue weighted by Crippen LogP contribution is 2.32. The van der Waals surface area contributed by atoms with E-state index in [9.17, 15) is 4.79 Å². The summed E-state index contributed by atoms with van der Waals surface area (Å²) in [5.41, 5.74) is 5.40. The van der Waals surface area contributed by atoms with E-state index in [1.807, 2.05) is 18.2 Å². The number of likely N-dealkylation sites (tertiary alicyclic amines) is 1. The highest BCUT2D eigenvalue weighted by Gasteiger charge is 2.22. The zero-order valence-corrected chi connectivity index (χ0v) is 22.8. The van der Waals surface area contributed by atoms with E-state index in [1.54, 1.807) is 11.3 Å². The molecule has 2 aliphatic heterocycles. The summed E-state index contributed by atoms with van der Waals surface area (Å²) in [5, 5.41) is 4.27. The number of hydrogen-bond acceptors (Lipinski definition) is 6. The smallest absolute Gasteiger partial charge is 0.251 e. The number of carbonyl (C=O) groups excluding carboxylic acids is 1. The Balaban J connectivity index is 1.07. The summed E-state index contributed by atoms with van der Waals surface area (Å²) in [6, 6.07) is 25.5. The molecule has 6 nitrogen and oxygen atoms in total. The first-order chi connectivity index (χ1) is 18.6. The van der Waals surface area contributed by atoms with Crippen molar-refractivity contribution in [3.05, 3.63) is 83.9 Å². The lowest BCUT2D eigenvalue weighted by molar-refractivity contribution is 0.0909. The molecule has 0 aliphatic carbocycles. The van der Waals surface area contributed by atoms with Crippen LogP contribution < -0.4 is 10.2 Å². The molecule has 0 atom stereocenters. The third-order valence-electron chi connectivity index (χ3n) is 7.81. The number of thiazole rings is 1. The predicted molar refractivity (Wildman–Crippen MR) is 157 cm³/mol. The normalized spacial score (nSPS) is 17.7. The second-order valence-electron chi connectivity index (χ2n) is 10.5. The molecule has 7 heteroatoms. The van der Waals surface area contributed by atoms with Gasteiger partial charge in [-0.25, -0.2) is 4.98 Å². The molecule has 2 aliphatic rings. The Morgan fingerprint density at radius 3 is 2.39 bits per heavy atom. The van der Waals surface area contributed by atoms with Crippen LogP contribution >= 0.6 is 11.3 Å². The van der Waals surface area contributed by atoms with Gasteiger partial charge in [-0.15, -0.1) is 11.3 Å². The lowest BCUT2D eigenvalue weighted by atomic mass is 10.0. The number of likely N-dealkylation sites (N-methyl/N-ethyl adjacent to an activating group) is 1. The maximum absolute atomic E-state index is 13.1. The number of piperazine rings is 1. The average molecular weight is 526 g/mol. The van der Waals surface area contributed by atoms with Crippen molar-refractivity contribution >= 4 is 33.1 Å². The van der Waals surface area contributed by atoms with Crippen molar-refractivity contribution in [2.45, 2.75) is 25.4 Å². The van der Waals surface area contributed by atoms with Crippen molar-refractivity contribution in [1.82, 2.24) is 20.1 Å². The molecule has 0 radical (unpaired) electrons. The number of aromatic nitrogens is 1. The second-order valence-corrected chi connectivity index (χ2v) is 11.6. The number of benzene rings is 3. The lowest BCUT2D eigenvalue weighted by Crippen LogP contribution is -2.44. The van der Waals surface area contributed by atoms with Crippen LogP contribution in [-0.4, -0.2) is 73.0 Å². The molecule has 1 amide bonds. The molecule has 2 saturated heterocycles. The lowest BCUT2D eigenvalue weighted by Gasteiger charge is -2.34. The van der Waals surface area contributed by atoms with Gasteiger partial charge in [0.15, 0.2) is 0 Å². The SMILES string of the molecule is CN1CCN(c2ccc(-c3nc4ccc(C(=O)NC5CCN(Cc6ccccc6)CC5)cc4s3)cc2)CC1. The first-order valence-corrected chi connectivity index (χ1v) is 14.4. The number of nitrogens with zero attached hydrogens (tertiary/aromatic N) is 4. The number of nitrogens with one attached hydrogen (secondary N) is 1. The van der Waals surface area contributed by atoms with E-state index in [-0.39, 0.29) is 11.9 Å². The van der Waals surface area contributed by atoms with Gasteiger partial charge in [-0.1, -0.05) is 30.3 Å². The third kappa shape index (κ3) is 5.75. The van der Waals surface area contributed by atoms with Gasteiger partial charge in [0.25, 0.3) is 5.91 Å². The summed E-state index contributed by atoms with van der Waals surface area (Å²) in [4.78, 5) is 25.2. The van der Waals surface area contributed by atoms with Gasteiger partial charge in [0.05, 0.1) is 10.2 Å². The van der Waals surface area contributed by atoms with Crippen LogP contribution in [0.5, 0.6) is 0 Å². The van der Waals surface area contributed by atoms with E-state index in [1.165, 1.54) is 11.3 Å². The van der Waals surface area contributed by atoms with Gasteiger partial charge in [0, 0.05) is 68.7 Å². The minimum Gasteiger partial charge on any atom is -0.369 e. The zero-order valence-electron chi connectivity index (χ0n) is 22.0. The van der Waals surface area contributed by atoms with Gasteiger partial charge in [-0.05, 0) is 67.9 Å². The molecule has 2 fully saturated rings. The summed E-state index contributed by atoms with van der Waals surface area (Å²) >= 11 is 1.65. The van der Waals surface area contributed by atoms with Crippen LogP contribution in [0.3, 0.4) is 0 Å². The van der Waals surface area contributed by atoms with Gasteiger partial charge in [-0.3, -0.25) is 9.69 Å². The number of carbonyl (C=O) groups is 1. The number of hydrogen-bond donors (Lipinski definition) is 1. The molecule has 0 saturated carbocycles. The van der Waals surface area contributed by atoms with Crippen molar-refractivity contribution in [3.8, 4) is 10.6 Å². The van der Waals surface area contributed by atoms with Gasteiger partial charge >= 0.3 is 0 Å². The Hall–Kier alpha value is -3.26. The molecule has 1 aromatic heterocycles. The maximum Gasteiger partial charge on any atom is 0.251 e. The fourth-order valence-electron chi connectivity index (χ4n) is 5.41. The number of amides is 1. The fourth-order valence-corrected chi connectivity index (χ4v) is 6.42. The average Bonchev–Trinajstić information content (AvgIpc) is 3.39. The Labute approximate surface area is 228 Å². The maximum atomic E-state index is 13.1. The number of fused-ring (bicyclic) bond motifs is 1. The van der Waals surface area contributed by atoms with Crippen molar-refractivity contribution in [2.75, 3.05) is 51.2 Å². The third-order valence-corrected chi connectivity index (χ3v) is 8.87. The number of anilines is 1. The molecule has 3 aromatic carbocycles. The first kappa shape index (κ1) is 25.0. The number of piperidine rings is 1. The van der Waals surface area contributed by atoms with Crippen LogP contribution in [0.2, 0.25) is 0 Å². The highest BCUT2D eigenvalue weighted by molar-refractivity contribution is 7.21. The summed E-state index contributed by atoms with van der Waals surface area (Å²) in [7, 11) is 2.18. The van der Waals surface area contributed by atoms with E-state index in [4.69, 9.17) is 4.98 Å². The standard InChI is InChI=1S/C31H35N5OS/c1-34-17-19-36(20-18-34)27-10-7-24(8-11-27)31-33-28-12-9-25(21-29(28)38-31)30(37)32-26-13-15-35(16-14-26)22-23-5-3-2-4-6-23/h2-12,21,26H,13-20,22H2,1H3,(H,32,37). The molecule has 3 heterocycles. The molecule has 4 aromatic rings. The largest absolute Gasteiger partial charge is 0.369 e. The van der Waals surface area contributed by atoms with Crippen molar-refractivity contribution in [2.24, 2.45) is 0 Å². The minimum absolute atomic E-state index is 0.0138. The molecule has 196 valence electrons. The quantitative estimate of drug-likeness (QED) is 0.379. The number of rotatable bonds is 6. The molecule has 1 N–H and O–H groups in total. The van der Waals surface area contributed by atoms with E-state index >= 15 is 0 Å². The van der Waals surface area contributed by atoms with Gasteiger partial charge in [0.2, 0.25) is 0 Å².